The molecule has 6 fully saturated rings. The van der Waals surface area contributed by atoms with Crippen LogP contribution < -0.4 is 0 Å². The van der Waals surface area contributed by atoms with E-state index >= 15 is 0 Å². The number of hydrogen-bond acceptors (Lipinski definition) is 15. The van der Waals surface area contributed by atoms with Crippen molar-refractivity contribution in [3.63, 3.8) is 0 Å². The highest BCUT2D eigenvalue weighted by Gasteiger charge is 2.65. The molecule has 4 bridgehead atoms. The Balaban J connectivity index is 0.000000205. The highest BCUT2D eigenvalue weighted by atomic mass is 32.2. The van der Waals surface area contributed by atoms with Crippen molar-refractivity contribution in [2.24, 2.45) is 40.4 Å². The molecule has 0 aromatic carbocycles. The van der Waals surface area contributed by atoms with E-state index in [0.29, 0.717) is 25.7 Å². The molecule has 51 heavy (non-hydrogen) atoms. The first-order valence-corrected chi connectivity index (χ1v) is 19.4. The Morgan fingerprint density at radius 1 is 0.706 bits per heavy atom. The molecular formula is C35H50O15S. The summed E-state index contributed by atoms with van der Waals surface area (Å²) in [5.41, 5.74) is -1.20. The standard InChI is InChI=1S/C19H28O9S.C16H22O6/c1-4-19(2,3)18(22)26-8-7-25-14(20)5-6-15(21)27-16-11-9-12-13(10-11)29(23,24)28-17(12)16;1-4-16(2,3)15(19)20-7-11(17)21-12-8-5-9-10(6-8)14(18)22-13(9)12/h11-13,16-17H,4-10H2,1-3H3;8-10,12-13H,4-7H2,1-3H3. The summed E-state index contributed by atoms with van der Waals surface area (Å²) in [5, 5.41) is -0.473. The van der Waals surface area contributed by atoms with Crippen molar-refractivity contribution in [2.45, 2.75) is 123 Å². The van der Waals surface area contributed by atoms with E-state index < -0.39 is 62.3 Å². The molecular weight excluding hydrogens is 692 g/mol. The van der Waals surface area contributed by atoms with Crippen molar-refractivity contribution < 1.29 is 69.8 Å². The van der Waals surface area contributed by atoms with Crippen molar-refractivity contribution in [3.8, 4) is 0 Å². The van der Waals surface area contributed by atoms with E-state index in [1.54, 1.807) is 27.7 Å². The summed E-state index contributed by atoms with van der Waals surface area (Å²) < 4.78 is 60.2. The van der Waals surface area contributed by atoms with Crippen LogP contribution in [0.2, 0.25) is 0 Å². The molecule has 0 spiro atoms. The minimum absolute atomic E-state index is 0.00636. The van der Waals surface area contributed by atoms with E-state index in [4.69, 9.17) is 32.6 Å². The molecule has 10 unspecified atom stereocenters. The lowest BCUT2D eigenvalue weighted by Gasteiger charge is -2.25. The van der Waals surface area contributed by atoms with E-state index in [1.807, 2.05) is 13.8 Å². The third-order valence-electron chi connectivity index (χ3n) is 11.7. The number of carbonyl (C=O) groups is 6. The molecule has 4 aliphatic carbocycles. The number of esters is 6. The lowest BCUT2D eigenvalue weighted by Crippen LogP contribution is -2.37. The van der Waals surface area contributed by atoms with Crippen molar-refractivity contribution in [3.05, 3.63) is 0 Å². The highest BCUT2D eigenvalue weighted by Crippen LogP contribution is 2.56. The van der Waals surface area contributed by atoms with Gasteiger partial charge in [0.1, 0.15) is 37.6 Å². The molecule has 6 rings (SSSR count). The van der Waals surface area contributed by atoms with Gasteiger partial charge in [0.15, 0.2) is 6.61 Å². The number of hydrogen-bond donors (Lipinski definition) is 0. The molecule has 0 N–H and O–H groups in total. The van der Waals surface area contributed by atoms with Gasteiger partial charge in [0.2, 0.25) is 0 Å². The first-order valence-electron chi connectivity index (χ1n) is 17.9. The van der Waals surface area contributed by atoms with E-state index in [2.05, 4.69) is 0 Å². The molecule has 286 valence electrons. The summed E-state index contributed by atoms with van der Waals surface area (Å²) in [6, 6.07) is 0. The normalized spacial score (nSPS) is 33.2. The van der Waals surface area contributed by atoms with Gasteiger partial charge in [0.25, 0.3) is 10.1 Å². The Morgan fingerprint density at radius 2 is 1.25 bits per heavy atom. The Labute approximate surface area is 298 Å². The van der Waals surface area contributed by atoms with Crippen LogP contribution in [0.1, 0.15) is 92.9 Å². The molecule has 10 atom stereocenters. The van der Waals surface area contributed by atoms with Crippen LogP contribution in [0.3, 0.4) is 0 Å². The summed E-state index contributed by atoms with van der Waals surface area (Å²) in [5.74, 6) is -2.41. The smallest absolute Gasteiger partial charge is 0.344 e. The third-order valence-corrected chi connectivity index (χ3v) is 13.4. The minimum Gasteiger partial charge on any atom is -0.462 e. The van der Waals surface area contributed by atoms with Crippen molar-refractivity contribution in [1.82, 2.24) is 0 Å². The molecule has 4 saturated carbocycles. The third kappa shape index (κ3) is 8.21. The Hall–Kier alpha value is -3.27. The summed E-state index contributed by atoms with van der Waals surface area (Å²) >= 11 is 0. The number of rotatable bonds is 14. The molecule has 2 heterocycles. The second-order valence-electron chi connectivity index (χ2n) is 15.7. The SMILES string of the molecule is CCC(C)(C)C(=O)OCC(=O)OC1C2CC3C(=O)OC1C3C2.CCC(C)(C)C(=O)OCCOC(=O)CCC(=O)OC1C2CC3C1OS(=O)(=O)C3C2. The molecule has 0 aromatic rings. The fraction of sp³-hybridized carbons (Fsp3) is 0.829. The number of carbonyl (C=O) groups excluding carboxylic acids is 6. The van der Waals surface area contributed by atoms with Crippen LogP contribution in [0.4, 0.5) is 0 Å². The number of ether oxygens (including phenoxy) is 6. The molecule has 15 nitrogen and oxygen atoms in total. The van der Waals surface area contributed by atoms with Gasteiger partial charge in [-0.25, -0.2) is 4.79 Å². The zero-order valence-corrected chi connectivity index (χ0v) is 30.9. The minimum atomic E-state index is -3.56. The van der Waals surface area contributed by atoms with E-state index in [-0.39, 0.29) is 86.4 Å². The average molecular weight is 743 g/mol. The van der Waals surface area contributed by atoms with Gasteiger partial charge in [-0.1, -0.05) is 13.8 Å². The molecule has 0 amide bonds. The highest BCUT2D eigenvalue weighted by molar-refractivity contribution is 7.87. The average Bonchev–Trinajstić information content (AvgIpc) is 3.90. The molecule has 2 saturated heterocycles. The summed E-state index contributed by atoms with van der Waals surface area (Å²) in [4.78, 5) is 71.0. The topological polar surface area (TPSA) is 201 Å². The number of fused-ring (bicyclic) bond motifs is 2. The molecule has 6 aliphatic rings. The van der Waals surface area contributed by atoms with Gasteiger partial charge < -0.3 is 28.4 Å². The summed E-state index contributed by atoms with van der Waals surface area (Å²) in [7, 11) is -3.56. The second-order valence-corrected chi connectivity index (χ2v) is 17.5. The predicted molar refractivity (Wildman–Crippen MR) is 173 cm³/mol. The maximum Gasteiger partial charge on any atom is 0.344 e. The monoisotopic (exact) mass is 742 g/mol. The maximum atomic E-state index is 12.1. The lowest BCUT2D eigenvalue weighted by atomic mass is 9.88. The van der Waals surface area contributed by atoms with Crippen LogP contribution in [0.15, 0.2) is 0 Å². The Bertz CT molecular complexity index is 1500. The van der Waals surface area contributed by atoms with Gasteiger partial charge in [-0.05, 0) is 66.2 Å². The maximum absolute atomic E-state index is 12.1. The van der Waals surface area contributed by atoms with Crippen LogP contribution in [0.25, 0.3) is 0 Å². The first kappa shape index (κ1) is 38.9. The van der Waals surface area contributed by atoms with Crippen LogP contribution in [-0.2, 0) is 71.5 Å². The quantitative estimate of drug-likeness (QED) is 0.109. The first-order chi connectivity index (χ1) is 23.9. The van der Waals surface area contributed by atoms with Gasteiger partial charge in [-0.2, -0.15) is 8.42 Å². The van der Waals surface area contributed by atoms with Gasteiger partial charge in [0, 0.05) is 23.7 Å². The summed E-state index contributed by atoms with van der Waals surface area (Å²) in [6.45, 7) is 10.3. The molecule has 2 aliphatic heterocycles. The Morgan fingerprint density at radius 3 is 1.92 bits per heavy atom. The van der Waals surface area contributed by atoms with E-state index in [1.165, 1.54) is 0 Å². The van der Waals surface area contributed by atoms with E-state index in [9.17, 15) is 37.2 Å². The van der Waals surface area contributed by atoms with Gasteiger partial charge in [-0.15, -0.1) is 0 Å². The summed E-state index contributed by atoms with van der Waals surface area (Å²) in [6.07, 6.45) is 1.84. The fourth-order valence-electron chi connectivity index (χ4n) is 7.88. The zero-order valence-electron chi connectivity index (χ0n) is 30.1. The predicted octanol–water partition coefficient (Wildman–Crippen LogP) is 2.80. The lowest BCUT2D eigenvalue weighted by molar-refractivity contribution is -0.172. The van der Waals surface area contributed by atoms with Crippen molar-refractivity contribution in [1.29, 1.82) is 0 Å². The van der Waals surface area contributed by atoms with Crippen molar-refractivity contribution in [2.75, 3.05) is 19.8 Å². The van der Waals surface area contributed by atoms with Crippen LogP contribution >= 0.6 is 0 Å². The van der Waals surface area contributed by atoms with Crippen molar-refractivity contribution >= 4 is 45.9 Å². The van der Waals surface area contributed by atoms with Crippen LogP contribution in [-0.4, -0.2) is 93.7 Å². The zero-order chi connectivity index (χ0) is 37.5. The van der Waals surface area contributed by atoms with Gasteiger partial charge in [0.05, 0.1) is 34.8 Å². The van der Waals surface area contributed by atoms with E-state index in [0.717, 1.165) is 12.8 Å². The molecule has 0 radical (unpaired) electrons. The fourth-order valence-corrected chi connectivity index (χ4v) is 9.76. The second kappa shape index (κ2) is 15.0. The molecule has 0 aromatic heterocycles. The van der Waals surface area contributed by atoms with Crippen LogP contribution in [0.5, 0.6) is 0 Å². The Kier molecular flexibility index (Phi) is 11.5. The van der Waals surface area contributed by atoms with Gasteiger partial charge >= 0.3 is 35.8 Å². The largest absolute Gasteiger partial charge is 0.462 e. The van der Waals surface area contributed by atoms with Crippen LogP contribution in [0, 0.1) is 40.4 Å². The molecule has 16 heteroatoms. The van der Waals surface area contributed by atoms with Gasteiger partial charge in [-0.3, -0.25) is 28.2 Å².